The summed E-state index contributed by atoms with van der Waals surface area (Å²) in [7, 11) is 0. The third-order valence-corrected chi connectivity index (χ3v) is 6.09. The summed E-state index contributed by atoms with van der Waals surface area (Å²) in [6, 6.07) is 6.45. The average Bonchev–Trinajstić information content (AvgIpc) is 3.11. The van der Waals surface area contributed by atoms with Gasteiger partial charge >= 0.3 is 0 Å². The molecule has 1 saturated heterocycles. The van der Waals surface area contributed by atoms with Gasteiger partial charge in [0.05, 0.1) is 5.25 Å². The van der Waals surface area contributed by atoms with Gasteiger partial charge in [0.1, 0.15) is 0 Å². The summed E-state index contributed by atoms with van der Waals surface area (Å²) >= 11 is 1.35. The van der Waals surface area contributed by atoms with E-state index in [0.717, 1.165) is 31.4 Å². The summed E-state index contributed by atoms with van der Waals surface area (Å²) in [6.45, 7) is 9.08. The van der Waals surface area contributed by atoms with Gasteiger partial charge in [-0.3, -0.25) is 4.79 Å². The Morgan fingerprint density at radius 1 is 1.31 bits per heavy atom. The van der Waals surface area contributed by atoms with Crippen LogP contribution in [0.1, 0.15) is 50.7 Å². The minimum Gasteiger partial charge on any atom is -0.411 e. The molecule has 5 nitrogen and oxygen atoms in total. The highest BCUT2D eigenvalue weighted by molar-refractivity contribution is 8.00. The third kappa shape index (κ3) is 4.11. The van der Waals surface area contributed by atoms with Crippen molar-refractivity contribution < 1.29 is 9.21 Å². The van der Waals surface area contributed by atoms with Gasteiger partial charge in [-0.05, 0) is 69.7 Å². The lowest BCUT2D eigenvalue weighted by molar-refractivity contribution is -0.134. The lowest BCUT2D eigenvalue weighted by Crippen LogP contribution is -2.46. The van der Waals surface area contributed by atoms with E-state index < -0.39 is 0 Å². The zero-order chi connectivity index (χ0) is 18.7. The van der Waals surface area contributed by atoms with E-state index in [1.165, 1.54) is 29.3 Å². The first-order valence-electron chi connectivity index (χ1n) is 9.38. The molecule has 3 rings (SSSR count). The van der Waals surface area contributed by atoms with Crippen LogP contribution in [-0.4, -0.2) is 38.8 Å². The van der Waals surface area contributed by atoms with E-state index in [1.54, 1.807) is 0 Å². The number of piperidine rings is 1. The number of benzene rings is 1. The maximum atomic E-state index is 12.8. The third-order valence-electron chi connectivity index (χ3n) is 5.17. The predicted octanol–water partition coefficient (Wildman–Crippen LogP) is 4.63. The summed E-state index contributed by atoms with van der Waals surface area (Å²) in [4.78, 5) is 14.9. The Morgan fingerprint density at radius 3 is 2.85 bits per heavy atom. The fourth-order valence-corrected chi connectivity index (χ4v) is 4.15. The monoisotopic (exact) mass is 373 g/mol. The van der Waals surface area contributed by atoms with Gasteiger partial charge in [-0.1, -0.05) is 24.8 Å². The largest absolute Gasteiger partial charge is 0.411 e. The molecule has 1 aliphatic heterocycles. The summed E-state index contributed by atoms with van der Waals surface area (Å²) in [5, 5.41) is 8.50. The zero-order valence-electron chi connectivity index (χ0n) is 16.0. The molecule has 0 saturated carbocycles. The van der Waals surface area contributed by atoms with Crippen LogP contribution in [0, 0.1) is 13.8 Å². The van der Waals surface area contributed by atoms with E-state index in [1.807, 2.05) is 24.0 Å². The molecule has 2 aromatic rings. The van der Waals surface area contributed by atoms with Crippen LogP contribution in [0.3, 0.4) is 0 Å². The number of hydrogen-bond donors (Lipinski definition) is 0. The number of likely N-dealkylation sites (tertiary alicyclic amines) is 1. The fraction of sp³-hybridized carbons (Fsp3) is 0.550. The predicted molar refractivity (Wildman–Crippen MR) is 104 cm³/mol. The van der Waals surface area contributed by atoms with Gasteiger partial charge in [-0.2, -0.15) is 0 Å². The van der Waals surface area contributed by atoms with E-state index in [9.17, 15) is 4.79 Å². The van der Waals surface area contributed by atoms with Crippen molar-refractivity contribution in [1.29, 1.82) is 0 Å². The van der Waals surface area contributed by atoms with Gasteiger partial charge in [-0.15, -0.1) is 10.2 Å². The van der Waals surface area contributed by atoms with Crippen LogP contribution in [0.2, 0.25) is 0 Å². The molecule has 1 fully saturated rings. The van der Waals surface area contributed by atoms with E-state index in [-0.39, 0.29) is 11.2 Å². The van der Waals surface area contributed by atoms with Crippen LogP contribution in [0.5, 0.6) is 0 Å². The Bertz CT molecular complexity index is 774. The van der Waals surface area contributed by atoms with Crippen molar-refractivity contribution in [2.24, 2.45) is 0 Å². The molecule has 1 aromatic carbocycles. The fourth-order valence-electron chi connectivity index (χ4n) is 3.40. The van der Waals surface area contributed by atoms with Gasteiger partial charge in [-0.25, -0.2) is 0 Å². The number of carbonyl (C=O) groups excluding carboxylic acids is 1. The van der Waals surface area contributed by atoms with Gasteiger partial charge in [0.15, 0.2) is 0 Å². The quantitative estimate of drug-likeness (QED) is 0.716. The molecule has 2 atom stereocenters. The van der Waals surface area contributed by atoms with Crippen LogP contribution in [0.4, 0.5) is 0 Å². The van der Waals surface area contributed by atoms with Crippen molar-refractivity contribution >= 4 is 17.7 Å². The molecule has 1 aromatic heterocycles. The van der Waals surface area contributed by atoms with Crippen LogP contribution < -0.4 is 0 Å². The van der Waals surface area contributed by atoms with E-state index in [0.29, 0.717) is 17.2 Å². The first-order valence-corrected chi connectivity index (χ1v) is 10.3. The van der Waals surface area contributed by atoms with Gasteiger partial charge in [0, 0.05) is 18.2 Å². The summed E-state index contributed by atoms with van der Waals surface area (Å²) in [5.74, 6) is 0.673. The molecule has 6 heteroatoms. The number of aryl methyl sites for hydroxylation is 2. The van der Waals surface area contributed by atoms with Crippen molar-refractivity contribution in [3.05, 3.63) is 29.3 Å². The van der Waals surface area contributed by atoms with Crippen LogP contribution in [0.15, 0.2) is 27.8 Å². The van der Waals surface area contributed by atoms with Gasteiger partial charge in [0.25, 0.3) is 5.22 Å². The molecular formula is C20H27N3O2S. The molecular weight excluding hydrogens is 346 g/mol. The summed E-state index contributed by atoms with van der Waals surface area (Å²) in [5.41, 5.74) is 3.33. The van der Waals surface area contributed by atoms with Crippen molar-refractivity contribution in [3.63, 3.8) is 0 Å². The Morgan fingerprint density at radius 2 is 2.12 bits per heavy atom. The average molecular weight is 374 g/mol. The zero-order valence-corrected chi connectivity index (χ0v) is 16.8. The maximum Gasteiger partial charge on any atom is 0.277 e. The van der Waals surface area contributed by atoms with Crippen LogP contribution in [-0.2, 0) is 4.79 Å². The summed E-state index contributed by atoms with van der Waals surface area (Å²) in [6.07, 6.45) is 4.43. The molecule has 0 aliphatic carbocycles. The molecule has 0 spiro atoms. The maximum absolute atomic E-state index is 12.8. The lowest BCUT2D eigenvalue weighted by Gasteiger charge is -2.36. The van der Waals surface area contributed by atoms with E-state index in [2.05, 4.69) is 37.0 Å². The van der Waals surface area contributed by atoms with Crippen LogP contribution >= 0.6 is 11.8 Å². The normalized spacial score (nSPS) is 18.8. The van der Waals surface area contributed by atoms with Crippen molar-refractivity contribution in [3.8, 4) is 11.5 Å². The number of carbonyl (C=O) groups is 1. The highest BCUT2D eigenvalue weighted by Crippen LogP contribution is 2.29. The minimum absolute atomic E-state index is 0.174. The molecule has 0 N–H and O–H groups in total. The van der Waals surface area contributed by atoms with E-state index in [4.69, 9.17) is 4.42 Å². The number of amides is 1. The minimum atomic E-state index is -0.227. The first-order chi connectivity index (χ1) is 12.5. The Labute approximate surface area is 159 Å². The first kappa shape index (κ1) is 19.0. The highest BCUT2D eigenvalue weighted by atomic mass is 32.2. The highest BCUT2D eigenvalue weighted by Gasteiger charge is 2.30. The number of aromatic nitrogens is 2. The van der Waals surface area contributed by atoms with Gasteiger partial charge < -0.3 is 9.32 Å². The Kier molecular flexibility index (Phi) is 6.01. The molecule has 2 heterocycles. The number of hydrogen-bond acceptors (Lipinski definition) is 5. The standard InChI is InChI=1S/C20H27N3O2S/c1-5-17-8-6-7-11-23(17)19(24)15(4)26-20-22-21-18(25-20)16-10-9-13(2)14(3)12-16/h9-10,12,15,17H,5-8,11H2,1-4H3. The molecule has 0 radical (unpaired) electrons. The van der Waals surface area contributed by atoms with Gasteiger partial charge in [0.2, 0.25) is 11.8 Å². The smallest absolute Gasteiger partial charge is 0.277 e. The molecule has 0 bridgehead atoms. The number of thioether (sulfide) groups is 1. The molecule has 1 amide bonds. The molecule has 140 valence electrons. The Balaban J connectivity index is 1.68. The number of nitrogens with zero attached hydrogens (tertiary/aromatic N) is 3. The number of rotatable bonds is 5. The second-order valence-electron chi connectivity index (χ2n) is 7.02. The van der Waals surface area contributed by atoms with Crippen molar-refractivity contribution in [2.75, 3.05) is 6.54 Å². The van der Waals surface area contributed by atoms with E-state index >= 15 is 0 Å². The SMILES string of the molecule is CCC1CCCCN1C(=O)C(C)Sc1nnc(-c2ccc(C)c(C)c2)o1. The molecule has 26 heavy (non-hydrogen) atoms. The molecule has 2 unspecified atom stereocenters. The summed E-state index contributed by atoms with van der Waals surface area (Å²) < 4.78 is 5.80. The van der Waals surface area contributed by atoms with Crippen LogP contribution in [0.25, 0.3) is 11.5 Å². The second-order valence-corrected chi connectivity index (χ2v) is 8.31. The Hall–Kier alpha value is -1.82. The second kappa shape index (κ2) is 8.25. The van der Waals surface area contributed by atoms with Crippen molar-refractivity contribution in [1.82, 2.24) is 15.1 Å². The lowest BCUT2D eigenvalue weighted by atomic mass is 10.00. The topological polar surface area (TPSA) is 59.2 Å². The molecule has 1 aliphatic rings. The van der Waals surface area contributed by atoms with Crippen molar-refractivity contribution in [2.45, 2.75) is 69.9 Å².